The van der Waals surface area contributed by atoms with Crippen molar-refractivity contribution in [2.75, 3.05) is 12.4 Å². The number of nitrogens with one attached hydrogen (secondary N) is 1. The zero-order valence-electron chi connectivity index (χ0n) is 14.3. The summed E-state index contributed by atoms with van der Waals surface area (Å²) in [5.41, 5.74) is 0.530. The summed E-state index contributed by atoms with van der Waals surface area (Å²) in [4.78, 5) is 36.4. The first kappa shape index (κ1) is 19.9. The highest BCUT2D eigenvalue weighted by Crippen LogP contribution is 2.23. The first-order chi connectivity index (χ1) is 12.4. The lowest BCUT2D eigenvalue weighted by atomic mass is 10.2. The van der Waals surface area contributed by atoms with E-state index in [0.717, 1.165) is 11.3 Å². The maximum atomic E-state index is 12.1. The number of anilines is 1. The van der Waals surface area contributed by atoms with Gasteiger partial charge in [-0.25, -0.2) is 0 Å². The molecule has 1 N–H and O–H groups in total. The minimum absolute atomic E-state index is 0.000100. The molecular weight excluding hydrogens is 378 g/mol. The fraction of sp³-hybridized carbons (Fsp3) is 0.278. The van der Waals surface area contributed by atoms with Crippen LogP contribution in [-0.2, 0) is 14.3 Å². The van der Waals surface area contributed by atoms with E-state index in [2.05, 4.69) is 5.32 Å². The molecule has 0 aliphatic heterocycles. The van der Waals surface area contributed by atoms with E-state index in [1.807, 2.05) is 0 Å². The van der Waals surface area contributed by atoms with Crippen molar-refractivity contribution < 1.29 is 23.9 Å². The van der Waals surface area contributed by atoms with Gasteiger partial charge in [0.15, 0.2) is 11.9 Å². The van der Waals surface area contributed by atoms with Crippen molar-refractivity contribution in [3.63, 3.8) is 0 Å². The Bertz CT molecular complexity index is 804. The van der Waals surface area contributed by atoms with E-state index >= 15 is 0 Å². The highest BCUT2D eigenvalue weighted by atomic mass is 35.5. The molecule has 1 aromatic carbocycles. The van der Waals surface area contributed by atoms with E-state index in [-0.39, 0.29) is 18.6 Å². The Morgan fingerprint density at radius 1 is 1.19 bits per heavy atom. The van der Waals surface area contributed by atoms with Gasteiger partial charge in [0.25, 0.3) is 5.91 Å². The standard InChI is InChI=1S/C18H18ClNO5S/c1-11(18(23)20-12-4-3-5-13(10-12)24-2)25-17(22)9-6-14(21)15-7-8-16(19)26-15/h3-5,7-8,10-11H,6,9H2,1-2H3,(H,20,23)/t11-/m0/s1. The van der Waals surface area contributed by atoms with Crippen LogP contribution in [0.5, 0.6) is 5.75 Å². The molecule has 0 fully saturated rings. The smallest absolute Gasteiger partial charge is 0.307 e. The number of rotatable bonds is 8. The first-order valence-corrected chi connectivity index (χ1v) is 9.01. The number of benzene rings is 1. The summed E-state index contributed by atoms with van der Waals surface area (Å²) in [5.74, 6) is -0.677. The molecular formula is C18H18ClNO5S. The number of thiophene rings is 1. The number of amides is 1. The predicted molar refractivity (Wildman–Crippen MR) is 100 cm³/mol. The molecule has 2 aromatic rings. The van der Waals surface area contributed by atoms with Crippen LogP contribution in [0.25, 0.3) is 0 Å². The van der Waals surface area contributed by atoms with Crippen LogP contribution in [0.15, 0.2) is 36.4 Å². The lowest BCUT2D eigenvalue weighted by Crippen LogP contribution is -2.30. The Kier molecular flexibility index (Phi) is 7.17. The van der Waals surface area contributed by atoms with Crippen LogP contribution in [0.4, 0.5) is 5.69 Å². The van der Waals surface area contributed by atoms with Crippen molar-refractivity contribution in [3.8, 4) is 5.75 Å². The van der Waals surface area contributed by atoms with Crippen LogP contribution in [0.1, 0.15) is 29.4 Å². The largest absolute Gasteiger partial charge is 0.497 e. The van der Waals surface area contributed by atoms with Crippen molar-refractivity contribution in [1.82, 2.24) is 0 Å². The fourth-order valence-corrected chi connectivity index (χ4v) is 3.07. The maximum Gasteiger partial charge on any atom is 0.307 e. The number of carbonyl (C=O) groups excluding carboxylic acids is 3. The highest BCUT2D eigenvalue weighted by Gasteiger charge is 2.19. The number of hydrogen-bond acceptors (Lipinski definition) is 6. The summed E-state index contributed by atoms with van der Waals surface area (Å²) in [5, 5.41) is 2.64. The van der Waals surface area contributed by atoms with Gasteiger partial charge in [-0.3, -0.25) is 14.4 Å². The summed E-state index contributed by atoms with van der Waals surface area (Å²) in [6, 6.07) is 10.1. The summed E-state index contributed by atoms with van der Waals surface area (Å²) in [7, 11) is 1.52. The van der Waals surface area contributed by atoms with Gasteiger partial charge in [-0.15, -0.1) is 11.3 Å². The average Bonchev–Trinajstić information content (AvgIpc) is 3.06. The number of ether oxygens (including phenoxy) is 2. The lowest BCUT2D eigenvalue weighted by molar-refractivity contribution is -0.153. The Labute approximate surface area is 160 Å². The van der Waals surface area contributed by atoms with Crippen molar-refractivity contribution in [1.29, 1.82) is 0 Å². The molecule has 138 valence electrons. The van der Waals surface area contributed by atoms with Gasteiger partial charge in [-0.2, -0.15) is 0 Å². The number of esters is 1. The third kappa shape index (κ3) is 5.86. The fourth-order valence-electron chi connectivity index (χ4n) is 2.06. The normalized spacial score (nSPS) is 11.5. The SMILES string of the molecule is COc1cccc(NC(=O)[C@H](C)OC(=O)CCC(=O)c2ccc(Cl)s2)c1. The quantitative estimate of drug-likeness (QED) is 0.540. The minimum atomic E-state index is -0.986. The Balaban J connectivity index is 1.80. The predicted octanol–water partition coefficient (Wildman–Crippen LogP) is 3.94. The number of ketones is 1. The summed E-state index contributed by atoms with van der Waals surface area (Å²) >= 11 is 6.94. The average molecular weight is 396 g/mol. The van der Waals surface area contributed by atoms with E-state index in [4.69, 9.17) is 21.1 Å². The molecule has 0 spiro atoms. The zero-order chi connectivity index (χ0) is 19.1. The molecule has 0 unspecified atom stereocenters. The number of methoxy groups -OCH3 is 1. The molecule has 0 saturated heterocycles. The molecule has 0 saturated carbocycles. The number of halogens is 1. The molecule has 0 aliphatic rings. The highest BCUT2D eigenvalue weighted by molar-refractivity contribution is 7.18. The van der Waals surface area contributed by atoms with Crippen LogP contribution in [0, 0.1) is 0 Å². The monoisotopic (exact) mass is 395 g/mol. The third-order valence-electron chi connectivity index (χ3n) is 3.42. The van der Waals surface area contributed by atoms with E-state index < -0.39 is 18.0 Å². The minimum Gasteiger partial charge on any atom is -0.497 e. The summed E-state index contributed by atoms with van der Waals surface area (Å²) < 4.78 is 10.7. The second-order valence-electron chi connectivity index (χ2n) is 5.38. The van der Waals surface area contributed by atoms with Gasteiger partial charge < -0.3 is 14.8 Å². The molecule has 0 bridgehead atoms. The van der Waals surface area contributed by atoms with E-state index in [1.165, 1.54) is 14.0 Å². The molecule has 1 aromatic heterocycles. The summed E-state index contributed by atoms with van der Waals surface area (Å²) in [6.45, 7) is 1.47. The summed E-state index contributed by atoms with van der Waals surface area (Å²) in [6.07, 6.45) is -1.09. The van der Waals surface area contributed by atoms with Gasteiger partial charge in [0.2, 0.25) is 0 Å². The van der Waals surface area contributed by atoms with Crippen LogP contribution in [0.3, 0.4) is 0 Å². The van der Waals surface area contributed by atoms with Crippen molar-refractivity contribution in [2.45, 2.75) is 25.9 Å². The Hall–Kier alpha value is -2.38. The lowest BCUT2D eigenvalue weighted by Gasteiger charge is -2.13. The second-order valence-corrected chi connectivity index (χ2v) is 7.10. The molecule has 1 heterocycles. The molecule has 2 rings (SSSR count). The van der Waals surface area contributed by atoms with Crippen molar-refractivity contribution in [2.24, 2.45) is 0 Å². The molecule has 1 amide bonds. The van der Waals surface area contributed by atoms with Crippen LogP contribution >= 0.6 is 22.9 Å². The van der Waals surface area contributed by atoms with Crippen LogP contribution in [-0.4, -0.2) is 30.9 Å². The van der Waals surface area contributed by atoms with Crippen LogP contribution < -0.4 is 10.1 Å². The number of carbonyl (C=O) groups is 3. The van der Waals surface area contributed by atoms with Gasteiger partial charge in [-0.1, -0.05) is 17.7 Å². The van der Waals surface area contributed by atoms with Crippen molar-refractivity contribution in [3.05, 3.63) is 45.6 Å². The van der Waals surface area contributed by atoms with Gasteiger partial charge in [0.05, 0.1) is 22.7 Å². The van der Waals surface area contributed by atoms with E-state index in [1.54, 1.807) is 36.4 Å². The molecule has 6 nitrogen and oxygen atoms in total. The molecule has 0 aliphatic carbocycles. The second kappa shape index (κ2) is 9.35. The zero-order valence-corrected chi connectivity index (χ0v) is 15.9. The van der Waals surface area contributed by atoms with Gasteiger partial charge in [-0.05, 0) is 31.2 Å². The first-order valence-electron chi connectivity index (χ1n) is 7.82. The van der Waals surface area contributed by atoms with Crippen molar-refractivity contribution >= 4 is 46.3 Å². The number of hydrogen-bond donors (Lipinski definition) is 1. The molecule has 1 atom stereocenters. The van der Waals surface area contributed by atoms with Gasteiger partial charge in [0.1, 0.15) is 5.75 Å². The van der Waals surface area contributed by atoms with Gasteiger partial charge in [0, 0.05) is 18.2 Å². The van der Waals surface area contributed by atoms with E-state index in [9.17, 15) is 14.4 Å². The maximum absolute atomic E-state index is 12.1. The third-order valence-corrected chi connectivity index (χ3v) is 4.69. The van der Waals surface area contributed by atoms with E-state index in [0.29, 0.717) is 20.7 Å². The molecule has 0 radical (unpaired) electrons. The molecule has 8 heteroatoms. The van der Waals surface area contributed by atoms with Crippen LogP contribution in [0.2, 0.25) is 4.34 Å². The number of Topliss-reactive ketones (excluding diaryl/α,β-unsaturated/α-hetero) is 1. The Morgan fingerprint density at radius 2 is 1.96 bits per heavy atom. The van der Waals surface area contributed by atoms with Gasteiger partial charge >= 0.3 is 5.97 Å². The Morgan fingerprint density at radius 3 is 2.62 bits per heavy atom. The molecule has 26 heavy (non-hydrogen) atoms. The topological polar surface area (TPSA) is 81.7 Å².